The molecule has 0 N–H and O–H groups in total. The Morgan fingerprint density at radius 2 is 2.22 bits per heavy atom. The van der Waals surface area contributed by atoms with Crippen molar-refractivity contribution in [1.29, 1.82) is 0 Å². The molecule has 1 saturated carbocycles. The molecule has 1 aromatic rings. The number of aromatic nitrogens is 1. The smallest absolute Gasteiger partial charge is 0.249 e. The highest BCUT2D eigenvalue weighted by atomic mass is 79.9. The van der Waals surface area contributed by atoms with Gasteiger partial charge in [-0.3, -0.25) is 0 Å². The summed E-state index contributed by atoms with van der Waals surface area (Å²) in [7, 11) is 0. The summed E-state index contributed by atoms with van der Waals surface area (Å²) in [4.78, 5) is 4.18. The van der Waals surface area contributed by atoms with E-state index in [1.54, 1.807) is 18.2 Å². The maximum absolute atomic E-state index is 12.9. The molecule has 18 heavy (non-hydrogen) atoms. The molecule has 0 amide bonds. The number of halogens is 3. The monoisotopic (exact) mass is 336 g/mol. The molecule has 0 aliphatic heterocycles. The zero-order valence-corrected chi connectivity index (χ0v) is 12.0. The fourth-order valence-corrected chi connectivity index (χ4v) is 2.74. The van der Waals surface area contributed by atoms with Gasteiger partial charge in [0.15, 0.2) is 0 Å². The predicted octanol–water partition coefficient (Wildman–Crippen LogP) is 2.97. The zero-order chi connectivity index (χ0) is 13.3. The minimum atomic E-state index is -2.63. The standard InChI is InChI=1S/C11H11BrF2N2OS/c1-18(17)16-10(7-5-11(13,14)6-7)8-3-2-4-9(12)15-8/h2-4,7H,5-6H2,1H3. The van der Waals surface area contributed by atoms with Gasteiger partial charge < -0.3 is 4.55 Å². The van der Waals surface area contributed by atoms with Gasteiger partial charge in [0, 0.05) is 18.8 Å². The number of hydrogen-bond acceptors (Lipinski definition) is 3. The molecule has 1 heterocycles. The largest absolute Gasteiger partial charge is 0.591 e. The van der Waals surface area contributed by atoms with E-state index in [0.717, 1.165) is 0 Å². The van der Waals surface area contributed by atoms with Crippen LogP contribution in [0.15, 0.2) is 27.2 Å². The van der Waals surface area contributed by atoms with Gasteiger partial charge in [-0.1, -0.05) is 10.5 Å². The summed E-state index contributed by atoms with van der Waals surface area (Å²) in [5.41, 5.74) is 0.906. The lowest BCUT2D eigenvalue weighted by Gasteiger charge is -2.34. The van der Waals surface area contributed by atoms with Gasteiger partial charge >= 0.3 is 0 Å². The maximum atomic E-state index is 12.9. The molecule has 1 atom stereocenters. The number of nitrogens with zero attached hydrogens (tertiary/aromatic N) is 2. The predicted molar refractivity (Wildman–Crippen MR) is 70.2 cm³/mol. The van der Waals surface area contributed by atoms with Gasteiger partial charge in [0.25, 0.3) is 0 Å². The summed E-state index contributed by atoms with van der Waals surface area (Å²) >= 11 is 1.79. The third-order valence-electron chi connectivity index (χ3n) is 2.68. The van der Waals surface area contributed by atoms with Gasteiger partial charge in [-0.15, -0.1) is 0 Å². The Balaban J connectivity index is 2.27. The lowest BCUT2D eigenvalue weighted by atomic mass is 9.77. The highest BCUT2D eigenvalue weighted by Gasteiger charge is 2.48. The molecule has 3 nitrogen and oxygen atoms in total. The number of rotatable bonds is 3. The first-order chi connectivity index (χ1) is 8.37. The highest BCUT2D eigenvalue weighted by Crippen LogP contribution is 2.44. The van der Waals surface area contributed by atoms with Crippen LogP contribution in [0.3, 0.4) is 0 Å². The summed E-state index contributed by atoms with van der Waals surface area (Å²) in [6.07, 6.45) is 0.906. The normalized spacial score (nSPS) is 21.5. The molecule has 1 aromatic heterocycles. The SMILES string of the molecule is C[S+]([O-])N=C(c1cccc(Br)n1)C1CC(F)(F)C1. The molecule has 0 spiro atoms. The molecule has 0 bridgehead atoms. The van der Waals surface area contributed by atoms with Crippen molar-refractivity contribution in [3.63, 3.8) is 0 Å². The van der Waals surface area contributed by atoms with Crippen LogP contribution < -0.4 is 0 Å². The van der Waals surface area contributed by atoms with E-state index in [9.17, 15) is 13.3 Å². The Bertz CT molecular complexity index is 474. The molecule has 0 saturated heterocycles. The van der Waals surface area contributed by atoms with Crippen LogP contribution in [0.1, 0.15) is 18.5 Å². The van der Waals surface area contributed by atoms with Crippen molar-refractivity contribution < 1.29 is 13.3 Å². The minimum Gasteiger partial charge on any atom is -0.591 e. The van der Waals surface area contributed by atoms with Gasteiger partial charge in [0.2, 0.25) is 5.92 Å². The van der Waals surface area contributed by atoms with Gasteiger partial charge in [-0.25, -0.2) is 13.8 Å². The van der Waals surface area contributed by atoms with Crippen LogP contribution in [0.4, 0.5) is 8.78 Å². The third kappa shape index (κ3) is 3.27. The van der Waals surface area contributed by atoms with Crippen LogP contribution in [-0.4, -0.2) is 27.4 Å². The van der Waals surface area contributed by atoms with Crippen molar-refractivity contribution in [2.45, 2.75) is 18.8 Å². The Hall–Kier alpha value is -0.530. The van der Waals surface area contributed by atoms with E-state index in [0.29, 0.717) is 16.0 Å². The van der Waals surface area contributed by atoms with Crippen LogP contribution in [-0.2, 0) is 11.4 Å². The Kier molecular flexibility index (Phi) is 4.03. The van der Waals surface area contributed by atoms with E-state index in [4.69, 9.17) is 0 Å². The van der Waals surface area contributed by atoms with Gasteiger partial charge in [-0.2, -0.15) is 0 Å². The molecular weight excluding hydrogens is 326 g/mol. The quantitative estimate of drug-likeness (QED) is 0.484. The molecule has 7 heteroatoms. The van der Waals surface area contributed by atoms with Crippen LogP contribution in [0.5, 0.6) is 0 Å². The number of hydrogen-bond donors (Lipinski definition) is 0. The fraction of sp³-hybridized carbons (Fsp3) is 0.455. The minimum absolute atomic E-state index is 0.253. The van der Waals surface area contributed by atoms with Crippen LogP contribution in [0.25, 0.3) is 0 Å². The van der Waals surface area contributed by atoms with Crippen molar-refractivity contribution in [2.75, 3.05) is 6.26 Å². The highest BCUT2D eigenvalue weighted by molar-refractivity contribution is 9.10. The van der Waals surface area contributed by atoms with Gasteiger partial charge in [-0.05, 0) is 28.1 Å². The molecule has 1 unspecified atom stereocenters. The summed E-state index contributed by atoms with van der Waals surface area (Å²) in [5, 5.41) is 0. The summed E-state index contributed by atoms with van der Waals surface area (Å²) < 4.78 is 41.6. The topological polar surface area (TPSA) is 48.3 Å². The van der Waals surface area contributed by atoms with Crippen molar-refractivity contribution in [3.8, 4) is 0 Å². The van der Waals surface area contributed by atoms with E-state index in [1.807, 2.05) is 0 Å². The molecule has 1 aliphatic carbocycles. The Labute approximate surface area is 115 Å². The van der Waals surface area contributed by atoms with E-state index in [2.05, 4.69) is 25.3 Å². The number of alkyl halides is 2. The summed E-state index contributed by atoms with van der Waals surface area (Å²) in [5.74, 6) is -3.00. The average molecular weight is 337 g/mol. The second-order valence-corrected chi connectivity index (χ2v) is 6.05. The van der Waals surface area contributed by atoms with Gasteiger partial charge in [0.05, 0.1) is 17.1 Å². The molecule has 1 fully saturated rings. The Morgan fingerprint density at radius 1 is 1.56 bits per heavy atom. The second kappa shape index (κ2) is 5.22. The van der Waals surface area contributed by atoms with E-state index >= 15 is 0 Å². The van der Waals surface area contributed by atoms with E-state index in [1.165, 1.54) is 6.26 Å². The summed E-state index contributed by atoms with van der Waals surface area (Å²) in [6, 6.07) is 5.17. The fourth-order valence-electron chi connectivity index (χ4n) is 1.87. The average Bonchev–Trinajstić information content (AvgIpc) is 2.22. The molecule has 0 aromatic carbocycles. The molecule has 98 valence electrons. The first kappa shape index (κ1) is 13.9. The van der Waals surface area contributed by atoms with Crippen molar-refractivity contribution in [1.82, 2.24) is 4.98 Å². The number of pyridine rings is 1. The molecule has 2 rings (SSSR count). The van der Waals surface area contributed by atoms with Crippen LogP contribution in [0, 0.1) is 5.92 Å². The second-order valence-electron chi connectivity index (χ2n) is 4.21. The van der Waals surface area contributed by atoms with Crippen molar-refractivity contribution >= 4 is 33.0 Å². The van der Waals surface area contributed by atoms with E-state index in [-0.39, 0.29) is 18.8 Å². The first-order valence-electron chi connectivity index (χ1n) is 5.30. The zero-order valence-electron chi connectivity index (χ0n) is 9.57. The van der Waals surface area contributed by atoms with Crippen LogP contribution in [0.2, 0.25) is 0 Å². The lowest BCUT2D eigenvalue weighted by Crippen LogP contribution is -2.40. The van der Waals surface area contributed by atoms with Crippen molar-refractivity contribution in [2.24, 2.45) is 10.3 Å². The molecule has 0 radical (unpaired) electrons. The Morgan fingerprint density at radius 3 is 2.72 bits per heavy atom. The maximum Gasteiger partial charge on any atom is 0.249 e. The summed E-state index contributed by atoms with van der Waals surface area (Å²) in [6.45, 7) is 0. The molecular formula is C11H11BrF2N2OS. The lowest BCUT2D eigenvalue weighted by molar-refractivity contribution is -0.0907. The first-order valence-corrected chi connectivity index (χ1v) is 7.61. The third-order valence-corrected chi connectivity index (χ3v) is 3.58. The van der Waals surface area contributed by atoms with Crippen molar-refractivity contribution in [3.05, 3.63) is 28.5 Å². The van der Waals surface area contributed by atoms with Gasteiger partial charge in [0.1, 0.15) is 16.6 Å². The molecule has 1 aliphatic rings. The van der Waals surface area contributed by atoms with Crippen LogP contribution >= 0.6 is 15.9 Å². The van der Waals surface area contributed by atoms with E-state index < -0.39 is 17.3 Å².